The van der Waals surface area contributed by atoms with Crippen LogP contribution in [0.3, 0.4) is 0 Å². The molecule has 116 valence electrons. The fraction of sp³-hybridized carbons (Fsp3) is 0.438. The predicted octanol–water partition coefficient (Wildman–Crippen LogP) is 2.64. The molecule has 1 aromatic heterocycles. The van der Waals surface area contributed by atoms with E-state index >= 15 is 0 Å². The monoisotopic (exact) mass is 316 g/mol. The standard InChI is InChI=1S/C16H20N4OS/c1-10-4-7-14(11(2)8-10)20-9-17-19-16(20)22-12(3)15(21)18-13-5-6-13/h4,7-9,12-13H,5-6H2,1-3H3,(H,18,21). The van der Waals surface area contributed by atoms with Crippen molar-refractivity contribution in [3.63, 3.8) is 0 Å². The minimum Gasteiger partial charge on any atom is -0.352 e. The van der Waals surface area contributed by atoms with E-state index in [1.807, 2.05) is 11.5 Å². The third kappa shape index (κ3) is 3.32. The second-order valence-corrected chi connectivity index (χ2v) is 7.12. The van der Waals surface area contributed by atoms with E-state index in [0.29, 0.717) is 6.04 Å². The van der Waals surface area contributed by atoms with Crippen LogP contribution in [0.1, 0.15) is 30.9 Å². The molecule has 0 saturated heterocycles. The lowest BCUT2D eigenvalue weighted by atomic mass is 10.1. The summed E-state index contributed by atoms with van der Waals surface area (Å²) < 4.78 is 1.94. The van der Waals surface area contributed by atoms with Crippen molar-refractivity contribution < 1.29 is 4.79 Å². The average Bonchev–Trinajstić information content (AvgIpc) is 3.17. The molecular formula is C16H20N4OS. The fourth-order valence-corrected chi connectivity index (χ4v) is 3.15. The van der Waals surface area contributed by atoms with Gasteiger partial charge in [0.1, 0.15) is 6.33 Å². The lowest BCUT2D eigenvalue weighted by molar-refractivity contribution is -0.120. The summed E-state index contributed by atoms with van der Waals surface area (Å²) in [5.41, 5.74) is 3.44. The molecule has 5 nitrogen and oxygen atoms in total. The maximum Gasteiger partial charge on any atom is 0.233 e. The van der Waals surface area contributed by atoms with Gasteiger partial charge in [-0.2, -0.15) is 0 Å². The number of hydrogen-bond acceptors (Lipinski definition) is 4. The van der Waals surface area contributed by atoms with Crippen molar-refractivity contribution in [3.8, 4) is 5.69 Å². The molecule has 1 unspecified atom stereocenters. The summed E-state index contributed by atoms with van der Waals surface area (Å²) in [5, 5.41) is 11.8. The number of carbonyl (C=O) groups is 1. The maximum absolute atomic E-state index is 12.1. The topological polar surface area (TPSA) is 59.8 Å². The summed E-state index contributed by atoms with van der Waals surface area (Å²) in [6.07, 6.45) is 3.90. The van der Waals surface area contributed by atoms with E-state index in [4.69, 9.17) is 0 Å². The molecule has 0 spiro atoms. The Morgan fingerprint density at radius 3 is 2.86 bits per heavy atom. The van der Waals surface area contributed by atoms with Gasteiger partial charge in [0.25, 0.3) is 0 Å². The zero-order valence-corrected chi connectivity index (χ0v) is 13.9. The summed E-state index contributed by atoms with van der Waals surface area (Å²) in [6.45, 7) is 6.05. The lowest BCUT2D eigenvalue weighted by Gasteiger charge is -2.13. The Morgan fingerprint density at radius 1 is 1.41 bits per heavy atom. The van der Waals surface area contributed by atoms with Crippen LogP contribution in [-0.2, 0) is 4.79 Å². The minimum absolute atomic E-state index is 0.0719. The van der Waals surface area contributed by atoms with Crippen LogP contribution in [0.4, 0.5) is 0 Å². The average molecular weight is 316 g/mol. The van der Waals surface area contributed by atoms with Gasteiger partial charge in [-0.1, -0.05) is 29.5 Å². The van der Waals surface area contributed by atoms with Crippen molar-refractivity contribution in [1.29, 1.82) is 0 Å². The van der Waals surface area contributed by atoms with Gasteiger partial charge in [-0.25, -0.2) is 0 Å². The SMILES string of the molecule is Cc1ccc(-n2cnnc2SC(C)C(=O)NC2CC2)c(C)c1. The normalized spacial score (nSPS) is 15.6. The molecule has 1 fully saturated rings. The highest BCUT2D eigenvalue weighted by atomic mass is 32.2. The summed E-state index contributed by atoms with van der Waals surface area (Å²) in [6, 6.07) is 6.65. The Morgan fingerprint density at radius 2 is 2.18 bits per heavy atom. The Bertz CT molecular complexity index is 693. The van der Waals surface area contributed by atoms with Gasteiger partial charge in [0.15, 0.2) is 5.16 Å². The van der Waals surface area contributed by atoms with Crippen molar-refractivity contribution in [1.82, 2.24) is 20.1 Å². The molecule has 22 heavy (non-hydrogen) atoms. The second-order valence-electron chi connectivity index (χ2n) is 5.82. The third-order valence-corrected chi connectivity index (χ3v) is 4.76. The highest BCUT2D eigenvalue weighted by Gasteiger charge is 2.27. The highest BCUT2D eigenvalue weighted by molar-refractivity contribution is 8.00. The van der Waals surface area contributed by atoms with Crippen molar-refractivity contribution in [3.05, 3.63) is 35.7 Å². The number of thioether (sulfide) groups is 1. The molecule has 0 bridgehead atoms. The molecule has 1 aliphatic carbocycles. The number of nitrogens with one attached hydrogen (secondary N) is 1. The van der Waals surface area contributed by atoms with Crippen LogP contribution in [0.5, 0.6) is 0 Å². The first-order valence-corrected chi connectivity index (χ1v) is 8.37. The molecule has 6 heteroatoms. The Balaban J connectivity index is 1.78. The van der Waals surface area contributed by atoms with Crippen LogP contribution in [0.15, 0.2) is 29.7 Å². The van der Waals surface area contributed by atoms with Gasteiger partial charge in [-0.05, 0) is 45.2 Å². The van der Waals surface area contributed by atoms with Crippen LogP contribution in [0, 0.1) is 13.8 Å². The molecule has 1 amide bonds. The number of rotatable bonds is 5. The van der Waals surface area contributed by atoms with Gasteiger partial charge < -0.3 is 5.32 Å². The van der Waals surface area contributed by atoms with Crippen molar-refractivity contribution in [2.45, 2.75) is 50.1 Å². The molecule has 0 aliphatic heterocycles. The molecule has 1 saturated carbocycles. The lowest BCUT2D eigenvalue weighted by Crippen LogP contribution is -2.32. The third-order valence-electron chi connectivity index (χ3n) is 3.70. The number of amides is 1. The quantitative estimate of drug-likeness (QED) is 0.862. The molecule has 1 heterocycles. The van der Waals surface area contributed by atoms with E-state index in [2.05, 4.69) is 47.6 Å². The summed E-state index contributed by atoms with van der Waals surface area (Å²) in [5.74, 6) is 0.0719. The Hall–Kier alpha value is -1.82. The van der Waals surface area contributed by atoms with Crippen molar-refractivity contribution in [2.75, 3.05) is 0 Å². The largest absolute Gasteiger partial charge is 0.352 e. The van der Waals surface area contributed by atoms with Gasteiger partial charge >= 0.3 is 0 Å². The highest BCUT2D eigenvalue weighted by Crippen LogP contribution is 2.27. The maximum atomic E-state index is 12.1. The van der Waals surface area contributed by atoms with Gasteiger partial charge in [0.05, 0.1) is 10.9 Å². The molecule has 1 aliphatic rings. The number of aromatic nitrogens is 3. The first-order chi connectivity index (χ1) is 10.5. The Labute approximate surface area is 134 Å². The first-order valence-electron chi connectivity index (χ1n) is 7.49. The van der Waals surface area contributed by atoms with Crippen LogP contribution in [0.25, 0.3) is 5.69 Å². The van der Waals surface area contributed by atoms with Gasteiger partial charge in [0.2, 0.25) is 5.91 Å². The van der Waals surface area contributed by atoms with Crippen molar-refractivity contribution in [2.24, 2.45) is 0 Å². The van der Waals surface area contributed by atoms with Gasteiger partial charge in [0, 0.05) is 6.04 Å². The smallest absolute Gasteiger partial charge is 0.233 e. The molecule has 1 atom stereocenters. The molecule has 0 radical (unpaired) electrons. The van der Waals surface area contributed by atoms with Crippen LogP contribution in [-0.4, -0.2) is 32.0 Å². The first kappa shape index (κ1) is 15.1. The van der Waals surface area contributed by atoms with Crippen LogP contribution < -0.4 is 5.32 Å². The molecule has 3 rings (SSSR count). The number of benzene rings is 1. The molecule has 2 aromatic rings. The van der Waals surface area contributed by atoms with Gasteiger partial charge in [-0.15, -0.1) is 10.2 Å². The number of nitrogens with zero attached hydrogens (tertiary/aromatic N) is 3. The summed E-state index contributed by atoms with van der Waals surface area (Å²) in [7, 11) is 0. The number of carbonyl (C=O) groups excluding carboxylic acids is 1. The number of aryl methyl sites for hydroxylation is 2. The second kappa shape index (κ2) is 6.12. The molecular weight excluding hydrogens is 296 g/mol. The van der Waals surface area contributed by atoms with Crippen molar-refractivity contribution >= 4 is 17.7 Å². The fourth-order valence-electron chi connectivity index (χ4n) is 2.30. The molecule has 1 N–H and O–H groups in total. The molecule has 1 aromatic carbocycles. The summed E-state index contributed by atoms with van der Waals surface area (Å²) >= 11 is 1.44. The van der Waals surface area contributed by atoms with Gasteiger partial charge in [-0.3, -0.25) is 9.36 Å². The Kier molecular flexibility index (Phi) is 4.20. The minimum atomic E-state index is -0.186. The van der Waals surface area contributed by atoms with Crippen LogP contribution >= 0.6 is 11.8 Å². The van der Waals surface area contributed by atoms with E-state index in [0.717, 1.165) is 29.2 Å². The van der Waals surface area contributed by atoms with E-state index in [1.165, 1.54) is 17.3 Å². The summed E-state index contributed by atoms with van der Waals surface area (Å²) in [4.78, 5) is 12.1. The van der Waals surface area contributed by atoms with E-state index in [9.17, 15) is 4.79 Å². The number of hydrogen-bond donors (Lipinski definition) is 1. The zero-order valence-electron chi connectivity index (χ0n) is 13.0. The van der Waals surface area contributed by atoms with Crippen LogP contribution in [0.2, 0.25) is 0 Å². The predicted molar refractivity (Wildman–Crippen MR) is 87.3 cm³/mol. The zero-order chi connectivity index (χ0) is 15.7. The van der Waals surface area contributed by atoms with E-state index in [-0.39, 0.29) is 11.2 Å². The van der Waals surface area contributed by atoms with E-state index < -0.39 is 0 Å². The van der Waals surface area contributed by atoms with E-state index in [1.54, 1.807) is 6.33 Å².